The molecule has 0 bridgehead atoms. The van der Waals surface area contributed by atoms with Gasteiger partial charge in [0.25, 0.3) is 5.91 Å². The molecule has 1 aromatic heterocycles. The van der Waals surface area contributed by atoms with Gasteiger partial charge in [0.05, 0.1) is 6.04 Å². The van der Waals surface area contributed by atoms with Gasteiger partial charge in [-0.2, -0.15) is 0 Å². The van der Waals surface area contributed by atoms with Crippen molar-refractivity contribution in [3.05, 3.63) is 71.9 Å². The summed E-state index contributed by atoms with van der Waals surface area (Å²) in [5.41, 5.74) is 2.40. The SMILES string of the molecule is CCN(CC)[C@H](CNC(=O)CN1C(=O)Cn2c(cc3ccccc32)C1=O)c1ccccc1. The summed E-state index contributed by atoms with van der Waals surface area (Å²) in [6.07, 6.45) is 0. The van der Waals surface area contributed by atoms with Gasteiger partial charge in [-0.1, -0.05) is 62.4 Å². The molecule has 166 valence electrons. The zero-order chi connectivity index (χ0) is 22.7. The number of aromatic nitrogens is 1. The molecule has 2 heterocycles. The van der Waals surface area contributed by atoms with Gasteiger partial charge in [-0.05, 0) is 30.8 Å². The van der Waals surface area contributed by atoms with E-state index < -0.39 is 5.91 Å². The normalized spacial score (nSPS) is 14.7. The molecule has 0 radical (unpaired) electrons. The van der Waals surface area contributed by atoms with Crippen LogP contribution in [-0.2, 0) is 16.1 Å². The maximum Gasteiger partial charge on any atom is 0.277 e. The average molecular weight is 433 g/mol. The Balaban J connectivity index is 1.46. The zero-order valence-corrected chi connectivity index (χ0v) is 18.5. The molecule has 1 atom stereocenters. The second-order valence-corrected chi connectivity index (χ2v) is 7.91. The number of hydrogen-bond acceptors (Lipinski definition) is 4. The number of fused-ring (bicyclic) bond motifs is 3. The van der Waals surface area contributed by atoms with Crippen molar-refractivity contribution >= 4 is 28.6 Å². The van der Waals surface area contributed by atoms with E-state index in [9.17, 15) is 14.4 Å². The molecule has 0 fully saturated rings. The maximum absolute atomic E-state index is 13.0. The van der Waals surface area contributed by atoms with Crippen LogP contribution in [0.1, 0.15) is 35.9 Å². The molecule has 0 unspecified atom stereocenters. The quantitative estimate of drug-likeness (QED) is 0.556. The number of carbonyl (C=O) groups is 3. The highest BCUT2D eigenvalue weighted by molar-refractivity contribution is 6.11. The zero-order valence-electron chi connectivity index (χ0n) is 18.5. The molecule has 1 aliphatic rings. The number of rotatable bonds is 8. The van der Waals surface area contributed by atoms with E-state index in [0.717, 1.165) is 34.5 Å². The summed E-state index contributed by atoms with van der Waals surface area (Å²) in [5, 5.41) is 3.84. The number of carbonyl (C=O) groups excluding carboxylic acids is 3. The van der Waals surface area contributed by atoms with Crippen molar-refractivity contribution in [2.45, 2.75) is 26.4 Å². The van der Waals surface area contributed by atoms with E-state index >= 15 is 0 Å². The molecule has 3 amide bonds. The number of nitrogens with zero attached hydrogens (tertiary/aromatic N) is 3. The maximum atomic E-state index is 13.0. The van der Waals surface area contributed by atoms with E-state index in [1.165, 1.54) is 0 Å². The Kier molecular flexibility index (Phi) is 6.37. The molecule has 0 saturated carbocycles. The summed E-state index contributed by atoms with van der Waals surface area (Å²) < 4.78 is 1.72. The molecule has 4 rings (SSSR count). The first-order valence-corrected chi connectivity index (χ1v) is 11.0. The Morgan fingerprint density at radius 2 is 1.72 bits per heavy atom. The van der Waals surface area contributed by atoms with Gasteiger partial charge in [-0.3, -0.25) is 24.2 Å². The van der Waals surface area contributed by atoms with E-state index in [4.69, 9.17) is 0 Å². The number of para-hydroxylation sites is 1. The largest absolute Gasteiger partial charge is 0.353 e. The molecular weight excluding hydrogens is 404 g/mol. The number of benzene rings is 2. The van der Waals surface area contributed by atoms with E-state index in [2.05, 4.69) is 24.1 Å². The third-order valence-electron chi connectivity index (χ3n) is 6.10. The third-order valence-corrected chi connectivity index (χ3v) is 6.10. The van der Waals surface area contributed by atoms with Crippen molar-refractivity contribution in [2.75, 3.05) is 26.2 Å². The fourth-order valence-electron chi connectivity index (χ4n) is 4.40. The van der Waals surface area contributed by atoms with Crippen molar-refractivity contribution in [3.63, 3.8) is 0 Å². The predicted molar refractivity (Wildman–Crippen MR) is 123 cm³/mol. The lowest BCUT2D eigenvalue weighted by atomic mass is 10.1. The van der Waals surface area contributed by atoms with Gasteiger partial charge in [0.1, 0.15) is 18.8 Å². The standard InChI is InChI=1S/C25H28N4O3/c1-3-27(4-2)22(18-10-6-5-7-11-18)15-26-23(30)16-29-24(31)17-28-20-13-9-8-12-19(20)14-21(28)25(29)32/h5-14,22H,3-4,15-17H2,1-2H3,(H,26,30)/t22-/m1/s1. The molecule has 7 nitrogen and oxygen atoms in total. The Labute approximate surface area is 187 Å². The summed E-state index contributed by atoms with van der Waals surface area (Å²) in [7, 11) is 0. The van der Waals surface area contributed by atoms with Crippen molar-refractivity contribution in [2.24, 2.45) is 0 Å². The molecule has 1 aliphatic heterocycles. The van der Waals surface area contributed by atoms with Crippen molar-refractivity contribution < 1.29 is 14.4 Å². The number of likely N-dealkylation sites (N-methyl/N-ethyl adjacent to an activating group) is 1. The monoisotopic (exact) mass is 432 g/mol. The molecule has 32 heavy (non-hydrogen) atoms. The molecule has 2 aromatic carbocycles. The van der Waals surface area contributed by atoms with E-state index in [-0.39, 0.29) is 30.9 Å². The van der Waals surface area contributed by atoms with Gasteiger partial charge < -0.3 is 9.88 Å². The first-order chi connectivity index (χ1) is 15.5. The van der Waals surface area contributed by atoms with Crippen LogP contribution in [0, 0.1) is 0 Å². The molecule has 3 aromatic rings. The lowest BCUT2D eigenvalue weighted by molar-refractivity contribution is -0.134. The molecule has 0 aliphatic carbocycles. The van der Waals surface area contributed by atoms with E-state index in [0.29, 0.717) is 12.2 Å². The van der Waals surface area contributed by atoms with Crippen LogP contribution in [0.4, 0.5) is 0 Å². The fraction of sp³-hybridized carbons (Fsp3) is 0.320. The molecule has 0 spiro atoms. The van der Waals surface area contributed by atoms with E-state index in [1.807, 2.05) is 54.6 Å². The lowest BCUT2D eigenvalue weighted by Crippen LogP contribution is -2.50. The van der Waals surface area contributed by atoms with Crippen molar-refractivity contribution in [1.29, 1.82) is 0 Å². The highest BCUT2D eigenvalue weighted by atomic mass is 16.2. The summed E-state index contributed by atoms with van der Waals surface area (Å²) in [6.45, 7) is 6.05. The van der Waals surface area contributed by atoms with Crippen LogP contribution in [0.5, 0.6) is 0 Å². The number of nitrogens with one attached hydrogen (secondary N) is 1. The van der Waals surface area contributed by atoms with Gasteiger partial charge >= 0.3 is 0 Å². The lowest BCUT2D eigenvalue weighted by Gasteiger charge is -2.31. The van der Waals surface area contributed by atoms with Crippen LogP contribution in [0.25, 0.3) is 10.9 Å². The Bertz CT molecular complexity index is 1130. The fourth-order valence-corrected chi connectivity index (χ4v) is 4.40. The minimum Gasteiger partial charge on any atom is -0.353 e. The highest BCUT2D eigenvalue weighted by Crippen LogP contribution is 2.24. The Morgan fingerprint density at radius 1 is 1.03 bits per heavy atom. The Morgan fingerprint density at radius 3 is 2.44 bits per heavy atom. The second-order valence-electron chi connectivity index (χ2n) is 7.91. The molecular formula is C25H28N4O3. The highest BCUT2D eigenvalue weighted by Gasteiger charge is 2.33. The number of imide groups is 1. The van der Waals surface area contributed by atoms with Crippen molar-refractivity contribution in [1.82, 2.24) is 19.7 Å². The van der Waals surface area contributed by atoms with Gasteiger partial charge in [0.15, 0.2) is 0 Å². The molecule has 0 saturated heterocycles. The summed E-state index contributed by atoms with van der Waals surface area (Å²) in [5.74, 6) is -1.15. The summed E-state index contributed by atoms with van der Waals surface area (Å²) >= 11 is 0. The number of hydrogen-bond donors (Lipinski definition) is 1. The molecule has 1 N–H and O–H groups in total. The van der Waals surface area contributed by atoms with Crippen LogP contribution in [0.2, 0.25) is 0 Å². The van der Waals surface area contributed by atoms with Crippen LogP contribution < -0.4 is 5.32 Å². The van der Waals surface area contributed by atoms with Crippen molar-refractivity contribution in [3.8, 4) is 0 Å². The summed E-state index contributed by atoms with van der Waals surface area (Å²) in [4.78, 5) is 41.8. The minimum absolute atomic E-state index is 0.0189. The van der Waals surface area contributed by atoms with Crippen LogP contribution >= 0.6 is 0 Å². The van der Waals surface area contributed by atoms with Gasteiger partial charge in [-0.25, -0.2) is 0 Å². The van der Waals surface area contributed by atoms with E-state index in [1.54, 1.807) is 10.6 Å². The smallest absolute Gasteiger partial charge is 0.277 e. The second kappa shape index (κ2) is 9.36. The first-order valence-electron chi connectivity index (χ1n) is 11.0. The average Bonchev–Trinajstić information content (AvgIpc) is 3.18. The minimum atomic E-state index is -0.434. The van der Waals surface area contributed by atoms with Gasteiger partial charge in [-0.15, -0.1) is 0 Å². The van der Waals surface area contributed by atoms with Crippen LogP contribution in [0.3, 0.4) is 0 Å². The van der Waals surface area contributed by atoms with Crippen LogP contribution in [0.15, 0.2) is 60.7 Å². The van der Waals surface area contributed by atoms with Gasteiger partial charge in [0.2, 0.25) is 11.8 Å². The Hall–Kier alpha value is -3.45. The first kappa shape index (κ1) is 21.8. The predicted octanol–water partition coefficient (Wildman–Crippen LogP) is 2.82. The van der Waals surface area contributed by atoms with Crippen LogP contribution in [-0.4, -0.2) is 58.3 Å². The topological polar surface area (TPSA) is 74.7 Å². The third kappa shape index (κ3) is 4.16. The number of amides is 3. The summed E-state index contributed by atoms with van der Waals surface area (Å²) in [6, 6.07) is 19.4. The van der Waals surface area contributed by atoms with Gasteiger partial charge in [0, 0.05) is 17.4 Å². The molecule has 7 heteroatoms.